The molecule has 0 radical (unpaired) electrons. The third-order valence-corrected chi connectivity index (χ3v) is 10.9. The molecule has 9 nitrogen and oxygen atoms in total. The number of aliphatic carboxylic acids is 1. The second kappa shape index (κ2) is 13.7. The van der Waals surface area contributed by atoms with Gasteiger partial charge in [0.25, 0.3) is 5.91 Å². The second-order valence-electron chi connectivity index (χ2n) is 11.9. The molecule has 13 heteroatoms. The van der Waals surface area contributed by atoms with Gasteiger partial charge in [0.2, 0.25) is 5.91 Å². The predicted molar refractivity (Wildman–Crippen MR) is 177 cm³/mol. The minimum absolute atomic E-state index is 0.00145. The summed E-state index contributed by atoms with van der Waals surface area (Å²) in [5, 5.41) is 15.3. The van der Waals surface area contributed by atoms with Crippen molar-refractivity contribution in [2.24, 2.45) is 0 Å². The number of benzene rings is 2. The van der Waals surface area contributed by atoms with Gasteiger partial charge in [-0.15, -0.1) is 22.7 Å². The number of thiazole rings is 1. The first-order chi connectivity index (χ1) is 22.0. The monoisotopic (exact) mass is 684 g/mol. The van der Waals surface area contributed by atoms with Crippen LogP contribution in [0.25, 0.3) is 10.1 Å². The summed E-state index contributed by atoms with van der Waals surface area (Å²) in [7, 11) is 0. The van der Waals surface area contributed by atoms with Crippen molar-refractivity contribution in [2.45, 2.75) is 63.8 Å². The maximum atomic E-state index is 15.5. The van der Waals surface area contributed by atoms with Gasteiger partial charge in [0.05, 0.1) is 47.4 Å². The molecule has 4 aromatic rings. The molecule has 242 valence electrons. The highest BCUT2D eigenvalue weighted by molar-refractivity contribution is 7.17. The van der Waals surface area contributed by atoms with E-state index in [9.17, 15) is 14.4 Å². The SMILES string of the molecule is C[C@@H]1CN([C@H]2CC(c3ncc(CCC(=O)O)s3)N(C(=O)Cc3cc(Cl)c(NC(=O)c4csc5ccccc45)cc3F)C2)C[C@H](C)O1. The number of hydrogen-bond donors (Lipinski definition) is 2. The summed E-state index contributed by atoms with van der Waals surface area (Å²) in [4.78, 5) is 47.6. The van der Waals surface area contributed by atoms with Gasteiger partial charge in [-0.1, -0.05) is 29.8 Å². The zero-order chi connectivity index (χ0) is 32.5. The van der Waals surface area contributed by atoms with E-state index in [1.807, 2.05) is 38.1 Å². The van der Waals surface area contributed by atoms with Crippen molar-refractivity contribution < 1.29 is 28.6 Å². The molecule has 2 amide bonds. The van der Waals surface area contributed by atoms with Gasteiger partial charge in [0, 0.05) is 52.2 Å². The number of carbonyl (C=O) groups is 3. The molecular weight excluding hydrogens is 651 g/mol. The highest BCUT2D eigenvalue weighted by atomic mass is 35.5. The van der Waals surface area contributed by atoms with Crippen LogP contribution in [0.1, 0.15) is 58.5 Å². The molecule has 46 heavy (non-hydrogen) atoms. The average Bonchev–Trinajstić information content (AvgIpc) is 3.76. The van der Waals surface area contributed by atoms with Crippen molar-refractivity contribution in [3.8, 4) is 0 Å². The Morgan fingerprint density at radius 1 is 1.15 bits per heavy atom. The number of aryl methyl sites for hydroxylation is 1. The fourth-order valence-electron chi connectivity index (χ4n) is 6.35. The predicted octanol–water partition coefficient (Wildman–Crippen LogP) is 6.41. The Balaban J connectivity index is 1.20. The minimum atomic E-state index is -0.880. The summed E-state index contributed by atoms with van der Waals surface area (Å²) in [6, 6.07) is 9.84. The van der Waals surface area contributed by atoms with E-state index >= 15 is 4.39 Å². The number of nitrogens with zero attached hydrogens (tertiary/aromatic N) is 3. The van der Waals surface area contributed by atoms with Crippen LogP contribution in [0, 0.1) is 5.82 Å². The topological polar surface area (TPSA) is 112 Å². The van der Waals surface area contributed by atoms with E-state index in [1.54, 1.807) is 16.5 Å². The second-order valence-corrected chi connectivity index (χ2v) is 14.4. The summed E-state index contributed by atoms with van der Waals surface area (Å²) < 4.78 is 22.4. The lowest BCUT2D eigenvalue weighted by Gasteiger charge is -2.38. The van der Waals surface area contributed by atoms with Gasteiger partial charge in [-0.2, -0.15) is 0 Å². The molecule has 2 aliphatic heterocycles. The molecule has 4 atom stereocenters. The van der Waals surface area contributed by atoms with E-state index in [-0.39, 0.29) is 59.3 Å². The summed E-state index contributed by atoms with van der Waals surface area (Å²) in [6.07, 6.45) is 2.61. The third-order valence-electron chi connectivity index (χ3n) is 8.46. The van der Waals surface area contributed by atoms with Crippen LogP contribution in [0.3, 0.4) is 0 Å². The summed E-state index contributed by atoms with van der Waals surface area (Å²) in [6.45, 7) is 6.00. The number of anilines is 1. The molecule has 2 aromatic heterocycles. The number of thiophene rings is 1. The molecule has 2 aromatic carbocycles. The van der Waals surface area contributed by atoms with Gasteiger partial charge in [-0.25, -0.2) is 9.37 Å². The van der Waals surface area contributed by atoms with Gasteiger partial charge in [0.15, 0.2) is 0 Å². The first kappa shape index (κ1) is 32.5. The van der Waals surface area contributed by atoms with Crippen LogP contribution >= 0.6 is 34.3 Å². The number of fused-ring (bicyclic) bond motifs is 1. The summed E-state index contributed by atoms with van der Waals surface area (Å²) >= 11 is 9.39. The molecule has 0 bridgehead atoms. The van der Waals surface area contributed by atoms with Crippen molar-refractivity contribution in [3.05, 3.63) is 79.8 Å². The number of carbonyl (C=O) groups excluding carboxylic acids is 2. The molecule has 2 aliphatic rings. The Hall–Kier alpha value is -3.42. The molecule has 1 unspecified atom stereocenters. The van der Waals surface area contributed by atoms with Crippen molar-refractivity contribution in [1.29, 1.82) is 0 Å². The molecule has 2 N–H and O–H groups in total. The summed E-state index contributed by atoms with van der Waals surface area (Å²) in [5.74, 6) is -2.18. The molecular formula is C33H34ClFN4O5S2. The van der Waals surface area contributed by atoms with Crippen LogP contribution in [-0.2, 0) is 27.2 Å². The normalized spacial score (nSPS) is 22.0. The fraction of sp³-hybridized carbons (Fsp3) is 0.394. The highest BCUT2D eigenvalue weighted by Gasteiger charge is 2.42. The van der Waals surface area contributed by atoms with Gasteiger partial charge in [-0.3, -0.25) is 19.3 Å². The fourth-order valence-corrected chi connectivity index (χ4v) is 8.57. The molecule has 2 saturated heterocycles. The van der Waals surface area contributed by atoms with Gasteiger partial charge in [-0.05, 0) is 50.5 Å². The number of hydrogen-bond acceptors (Lipinski definition) is 8. The van der Waals surface area contributed by atoms with E-state index in [4.69, 9.17) is 21.4 Å². The number of carboxylic acids is 1. The Morgan fingerprint density at radius 2 is 1.91 bits per heavy atom. The standard InChI is InChI=1S/C33H34ClFN4O5S2/c1-18-14-38(15-19(2)44-18)21-11-28(33-36-13-22(46-33)7-8-31(41)42)39(16-21)30(40)10-20-9-25(34)27(12-26(20)35)37-32(43)24-17-45-29-6-4-3-5-23(24)29/h3-6,9,12-13,17-19,21,28H,7-8,10-11,14-16H2,1-2H3,(H,37,43)(H,41,42)/t18-,19+,21-,28?/m0/s1. The van der Waals surface area contributed by atoms with E-state index in [2.05, 4.69) is 15.2 Å². The number of likely N-dealkylation sites (tertiary alicyclic amines) is 1. The van der Waals surface area contributed by atoms with Crippen molar-refractivity contribution in [3.63, 3.8) is 0 Å². The van der Waals surface area contributed by atoms with Crippen molar-refractivity contribution in [1.82, 2.24) is 14.8 Å². The lowest BCUT2D eigenvalue weighted by molar-refractivity contribution is -0.137. The Labute approximate surface area is 278 Å². The smallest absolute Gasteiger partial charge is 0.303 e. The number of ether oxygens (including phenoxy) is 1. The largest absolute Gasteiger partial charge is 0.481 e. The summed E-state index contributed by atoms with van der Waals surface area (Å²) in [5.41, 5.74) is 0.733. The Kier molecular flexibility index (Phi) is 9.72. The quantitative estimate of drug-likeness (QED) is 0.210. The zero-order valence-corrected chi connectivity index (χ0v) is 27.8. The van der Waals surface area contributed by atoms with E-state index in [0.717, 1.165) is 39.1 Å². The van der Waals surface area contributed by atoms with Gasteiger partial charge >= 0.3 is 5.97 Å². The number of nitrogens with one attached hydrogen (secondary N) is 1. The number of aromatic nitrogens is 1. The molecule has 0 spiro atoms. The van der Waals surface area contributed by atoms with Crippen LogP contribution in [0.15, 0.2) is 48.0 Å². The average molecular weight is 685 g/mol. The van der Waals surface area contributed by atoms with E-state index in [0.29, 0.717) is 24.9 Å². The van der Waals surface area contributed by atoms with Gasteiger partial charge < -0.3 is 20.1 Å². The molecule has 0 saturated carbocycles. The number of carboxylic acid groups (broad SMARTS) is 1. The maximum absolute atomic E-state index is 15.5. The van der Waals surface area contributed by atoms with Crippen molar-refractivity contribution in [2.75, 3.05) is 25.0 Å². The lowest BCUT2D eigenvalue weighted by atomic mass is 10.1. The highest BCUT2D eigenvalue weighted by Crippen LogP contribution is 2.38. The maximum Gasteiger partial charge on any atom is 0.303 e. The van der Waals surface area contributed by atoms with Gasteiger partial charge in [0.1, 0.15) is 10.8 Å². The molecule has 2 fully saturated rings. The number of rotatable bonds is 9. The number of halogens is 2. The molecule has 6 rings (SSSR count). The third kappa shape index (κ3) is 7.11. The molecule has 4 heterocycles. The zero-order valence-electron chi connectivity index (χ0n) is 25.4. The van der Waals surface area contributed by atoms with Crippen LogP contribution in [-0.4, -0.2) is 75.6 Å². The van der Waals surface area contributed by atoms with Crippen LogP contribution in [0.4, 0.5) is 10.1 Å². The van der Waals surface area contributed by atoms with E-state index < -0.39 is 17.7 Å². The Morgan fingerprint density at radius 3 is 2.67 bits per heavy atom. The number of amides is 2. The van der Waals surface area contributed by atoms with Crippen molar-refractivity contribution >= 4 is 67.8 Å². The lowest BCUT2D eigenvalue weighted by Crippen LogP contribution is -2.51. The van der Waals surface area contributed by atoms with E-state index in [1.165, 1.54) is 28.7 Å². The first-order valence-electron chi connectivity index (χ1n) is 15.2. The minimum Gasteiger partial charge on any atom is -0.481 e. The first-order valence-corrected chi connectivity index (χ1v) is 17.2. The Bertz CT molecular complexity index is 1770. The van der Waals surface area contributed by atoms with Crippen LogP contribution < -0.4 is 5.32 Å². The molecule has 0 aliphatic carbocycles. The van der Waals surface area contributed by atoms with Crippen LogP contribution in [0.2, 0.25) is 5.02 Å². The van der Waals surface area contributed by atoms with Crippen LogP contribution in [0.5, 0.6) is 0 Å². The number of morpholine rings is 1.